The Morgan fingerprint density at radius 1 is 0.788 bits per heavy atom. The molecule has 2 aromatic carbocycles. The summed E-state index contributed by atoms with van der Waals surface area (Å²) in [6.45, 7) is 15.2. The fourth-order valence-electron chi connectivity index (χ4n) is 7.80. The van der Waals surface area contributed by atoms with Gasteiger partial charge < -0.3 is 28.7 Å². The number of aromatic nitrogens is 5. The van der Waals surface area contributed by atoms with Crippen LogP contribution in [0.4, 0.5) is 9.59 Å². The first-order valence-electron chi connectivity index (χ1n) is 18.2. The molecule has 0 radical (unpaired) electrons. The van der Waals surface area contributed by atoms with Gasteiger partial charge in [-0.3, -0.25) is 9.80 Å². The number of fused-ring (bicyclic) bond motifs is 5. The van der Waals surface area contributed by atoms with Gasteiger partial charge in [-0.15, -0.1) is 0 Å². The molecule has 52 heavy (non-hydrogen) atoms. The van der Waals surface area contributed by atoms with E-state index in [4.69, 9.17) is 24.2 Å². The molecule has 12 nitrogen and oxygen atoms in total. The lowest BCUT2D eigenvalue weighted by Gasteiger charge is -2.27. The summed E-state index contributed by atoms with van der Waals surface area (Å²) in [5.74, 6) is 2.35. The molecule has 0 spiro atoms. The normalized spacial score (nSPS) is 18.8. The van der Waals surface area contributed by atoms with Crippen molar-refractivity contribution in [2.75, 3.05) is 13.1 Å². The molecule has 6 heterocycles. The van der Waals surface area contributed by atoms with Crippen molar-refractivity contribution in [1.29, 1.82) is 0 Å². The maximum atomic E-state index is 12.9. The Morgan fingerprint density at radius 3 is 1.88 bits per heavy atom. The topological polar surface area (TPSA) is 131 Å². The summed E-state index contributed by atoms with van der Waals surface area (Å²) >= 11 is 0. The van der Waals surface area contributed by atoms with E-state index in [0.29, 0.717) is 19.8 Å². The van der Waals surface area contributed by atoms with Gasteiger partial charge in [0.15, 0.2) is 6.73 Å². The Balaban J connectivity index is 1.04. The van der Waals surface area contributed by atoms with Gasteiger partial charge in [-0.2, -0.15) is 0 Å². The SMILES string of the molecule is Cc1c2n(c3ccc(-c4cnc([C@@H]5CCCN5C(=O)OC(C)(C)C)[nH]4)cc13)COc1cc(-c3cnc([C@@H]4CCCN4C(=O)OC(C)(C)C)[nH]3)ccc1-2. The number of aryl methyl sites for hydroxylation is 1. The predicted octanol–water partition coefficient (Wildman–Crippen LogP) is 8.89. The first-order chi connectivity index (χ1) is 24.7. The van der Waals surface area contributed by atoms with Crippen molar-refractivity contribution < 1.29 is 23.8 Å². The Kier molecular flexibility index (Phi) is 8.11. The van der Waals surface area contributed by atoms with Crippen LogP contribution in [0.2, 0.25) is 0 Å². The molecule has 0 unspecified atom stereocenters. The number of nitrogens with zero attached hydrogens (tertiary/aromatic N) is 5. The third-order valence-electron chi connectivity index (χ3n) is 10.1. The molecule has 0 aliphatic carbocycles. The van der Waals surface area contributed by atoms with E-state index >= 15 is 0 Å². The van der Waals surface area contributed by atoms with Gasteiger partial charge in [0.1, 0.15) is 28.6 Å². The quantitative estimate of drug-likeness (QED) is 0.191. The first-order valence-corrected chi connectivity index (χ1v) is 18.2. The number of aromatic amines is 2. The largest absolute Gasteiger partial charge is 0.472 e. The van der Waals surface area contributed by atoms with E-state index in [1.807, 2.05) is 53.9 Å². The number of likely N-dealkylation sites (tertiary alicyclic amines) is 2. The number of ether oxygens (including phenoxy) is 3. The van der Waals surface area contributed by atoms with Crippen molar-refractivity contribution >= 4 is 23.1 Å². The number of carbonyl (C=O) groups is 2. The highest BCUT2D eigenvalue weighted by atomic mass is 16.6. The van der Waals surface area contributed by atoms with Crippen molar-refractivity contribution in [2.24, 2.45) is 0 Å². The number of benzene rings is 2. The summed E-state index contributed by atoms with van der Waals surface area (Å²) in [4.78, 5) is 45.8. The van der Waals surface area contributed by atoms with Crippen LogP contribution in [0.1, 0.15) is 96.5 Å². The third-order valence-corrected chi connectivity index (χ3v) is 10.1. The van der Waals surface area contributed by atoms with E-state index in [-0.39, 0.29) is 24.3 Å². The standard InChI is InChI=1S/C40H47N7O5/c1-23-27-18-24(28-20-41-35(43-28)31-10-8-16-45(31)37(48)51-39(2,3)4)13-15-30(27)47-22-50-33-19-25(12-14-26(33)34(23)47)29-21-42-36(44-29)32-11-9-17-46(32)38(49)52-40(5,6)7/h12-15,18-21,31-32H,8-11,16-17,22H2,1-7H3,(H,41,43)(H,42,44)/t31-,32-/m0/s1. The van der Waals surface area contributed by atoms with Crippen LogP contribution in [0.25, 0.3) is 44.7 Å². The molecule has 2 N–H and O–H groups in total. The summed E-state index contributed by atoms with van der Waals surface area (Å²) < 4.78 is 19.9. The van der Waals surface area contributed by atoms with Gasteiger partial charge in [-0.1, -0.05) is 12.1 Å². The molecule has 3 aliphatic heterocycles. The highest BCUT2D eigenvalue weighted by Gasteiger charge is 2.36. The summed E-state index contributed by atoms with van der Waals surface area (Å²) in [6.07, 6.45) is 6.56. The number of hydrogen-bond donors (Lipinski definition) is 2. The minimum atomic E-state index is -0.554. The molecular formula is C40H47N7O5. The first kappa shape index (κ1) is 33.9. The number of carbonyl (C=O) groups excluding carboxylic acids is 2. The smallest absolute Gasteiger partial charge is 0.410 e. The Labute approximate surface area is 303 Å². The van der Waals surface area contributed by atoms with Gasteiger partial charge in [0.05, 0.1) is 47.1 Å². The van der Waals surface area contributed by atoms with Crippen LogP contribution >= 0.6 is 0 Å². The maximum absolute atomic E-state index is 12.9. The molecule has 5 aromatic rings. The van der Waals surface area contributed by atoms with Crippen LogP contribution in [0.5, 0.6) is 5.75 Å². The van der Waals surface area contributed by atoms with E-state index < -0.39 is 11.2 Å². The number of imidazole rings is 2. The average Bonchev–Trinajstić information content (AvgIpc) is 3.92. The second-order valence-corrected chi connectivity index (χ2v) is 16.1. The van der Waals surface area contributed by atoms with Gasteiger partial charge >= 0.3 is 12.2 Å². The fraction of sp³-hybridized carbons (Fsp3) is 0.450. The lowest BCUT2D eigenvalue weighted by atomic mass is 10.0. The van der Waals surface area contributed by atoms with E-state index in [1.54, 1.807) is 9.80 Å². The second kappa shape index (κ2) is 12.5. The van der Waals surface area contributed by atoms with Crippen LogP contribution in [-0.2, 0) is 16.2 Å². The molecule has 272 valence electrons. The van der Waals surface area contributed by atoms with Crippen LogP contribution in [-0.4, -0.2) is 70.8 Å². The van der Waals surface area contributed by atoms with Crippen molar-refractivity contribution in [1.82, 2.24) is 34.3 Å². The number of nitrogens with one attached hydrogen (secondary N) is 2. The van der Waals surface area contributed by atoms with Crippen LogP contribution in [0.3, 0.4) is 0 Å². The van der Waals surface area contributed by atoms with Gasteiger partial charge in [0.25, 0.3) is 0 Å². The van der Waals surface area contributed by atoms with Crippen LogP contribution < -0.4 is 4.74 Å². The van der Waals surface area contributed by atoms with Gasteiger partial charge in [0, 0.05) is 35.2 Å². The summed E-state index contributed by atoms with van der Waals surface area (Å²) in [5.41, 5.74) is 7.10. The lowest BCUT2D eigenvalue weighted by molar-refractivity contribution is 0.0208. The fourth-order valence-corrected chi connectivity index (χ4v) is 7.80. The minimum absolute atomic E-state index is 0.141. The molecular weight excluding hydrogens is 658 g/mol. The molecule has 2 saturated heterocycles. The Morgan fingerprint density at radius 2 is 1.33 bits per heavy atom. The average molecular weight is 706 g/mol. The molecule has 2 fully saturated rings. The Bertz CT molecular complexity index is 2180. The maximum Gasteiger partial charge on any atom is 0.410 e. The molecule has 0 bridgehead atoms. The number of hydrogen-bond acceptors (Lipinski definition) is 7. The van der Waals surface area contributed by atoms with Gasteiger partial charge in [0.2, 0.25) is 0 Å². The second-order valence-electron chi connectivity index (χ2n) is 16.1. The van der Waals surface area contributed by atoms with Crippen LogP contribution in [0, 0.1) is 6.92 Å². The van der Waals surface area contributed by atoms with Crippen molar-refractivity contribution in [3.05, 3.63) is 66.0 Å². The van der Waals surface area contributed by atoms with Gasteiger partial charge in [-0.05, 0) is 104 Å². The number of H-pyrrole nitrogens is 2. The van der Waals surface area contributed by atoms with E-state index in [1.165, 1.54) is 5.56 Å². The molecule has 0 saturated carbocycles. The molecule has 8 rings (SSSR count). The number of rotatable bonds is 4. The summed E-state index contributed by atoms with van der Waals surface area (Å²) in [7, 11) is 0. The zero-order valence-electron chi connectivity index (χ0n) is 31.0. The number of amides is 2. The van der Waals surface area contributed by atoms with Crippen molar-refractivity contribution in [3.8, 4) is 39.5 Å². The molecule has 2 atom stereocenters. The summed E-state index contributed by atoms with van der Waals surface area (Å²) in [6, 6.07) is 12.4. The minimum Gasteiger partial charge on any atom is -0.472 e. The lowest BCUT2D eigenvalue weighted by Crippen LogP contribution is -2.36. The van der Waals surface area contributed by atoms with E-state index in [2.05, 4.69) is 57.9 Å². The summed E-state index contributed by atoms with van der Waals surface area (Å²) in [5, 5.41) is 1.14. The molecule has 3 aromatic heterocycles. The predicted molar refractivity (Wildman–Crippen MR) is 198 cm³/mol. The van der Waals surface area contributed by atoms with Crippen molar-refractivity contribution in [3.63, 3.8) is 0 Å². The zero-order valence-corrected chi connectivity index (χ0v) is 31.0. The third kappa shape index (κ3) is 6.17. The van der Waals surface area contributed by atoms with Crippen molar-refractivity contribution in [2.45, 2.75) is 104 Å². The molecule has 12 heteroatoms. The molecule has 2 amide bonds. The highest BCUT2D eigenvalue weighted by molar-refractivity contribution is 5.95. The monoisotopic (exact) mass is 705 g/mol. The molecule has 3 aliphatic rings. The Hall–Kier alpha value is -5.26. The zero-order chi connectivity index (χ0) is 36.5. The van der Waals surface area contributed by atoms with Gasteiger partial charge in [-0.25, -0.2) is 19.6 Å². The van der Waals surface area contributed by atoms with E-state index in [9.17, 15) is 9.59 Å². The highest BCUT2D eigenvalue weighted by Crippen LogP contribution is 2.44. The van der Waals surface area contributed by atoms with Crippen LogP contribution in [0.15, 0.2) is 48.8 Å². The van der Waals surface area contributed by atoms with E-state index in [0.717, 1.165) is 87.8 Å².